The molecule has 2 N–H and O–H groups in total. The van der Waals surface area contributed by atoms with E-state index in [1.807, 2.05) is 6.92 Å². The lowest BCUT2D eigenvalue weighted by atomic mass is 10.2. The molecule has 5 nitrogen and oxygen atoms in total. The van der Waals surface area contributed by atoms with Gasteiger partial charge in [-0.1, -0.05) is 6.07 Å². The van der Waals surface area contributed by atoms with Gasteiger partial charge in [-0.25, -0.2) is 4.68 Å². The number of aromatic nitrogens is 3. The standard InChI is InChI=1S/C17H15F3N4O/c1-11-7-14(5-6-21-11)24-15(10-25)9-16(23-24)22-13-4-2-3-12(8-13)17(18,19)20/h2-9,25H,10H2,1H3,(H,22,23). The van der Waals surface area contributed by atoms with E-state index in [1.54, 1.807) is 24.4 Å². The van der Waals surface area contributed by atoms with Crippen LogP contribution in [0.3, 0.4) is 0 Å². The number of nitrogens with zero attached hydrogens (tertiary/aromatic N) is 3. The minimum Gasteiger partial charge on any atom is -0.390 e. The van der Waals surface area contributed by atoms with Crippen LogP contribution in [0.1, 0.15) is 17.0 Å². The Bertz CT molecular complexity index is 890. The molecular weight excluding hydrogens is 333 g/mol. The summed E-state index contributed by atoms with van der Waals surface area (Å²) in [6.07, 6.45) is -2.80. The zero-order valence-corrected chi connectivity index (χ0v) is 13.2. The molecule has 0 aliphatic carbocycles. The van der Waals surface area contributed by atoms with Crippen molar-refractivity contribution in [3.63, 3.8) is 0 Å². The van der Waals surface area contributed by atoms with Crippen LogP contribution in [0, 0.1) is 6.92 Å². The predicted molar refractivity (Wildman–Crippen MR) is 86.7 cm³/mol. The maximum atomic E-state index is 12.8. The van der Waals surface area contributed by atoms with Gasteiger partial charge in [0.05, 0.1) is 23.6 Å². The molecule has 0 aliphatic rings. The zero-order chi connectivity index (χ0) is 18.0. The molecule has 3 rings (SSSR count). The van der Waals surface area contributed by atoms with E-state index in [1.165, 1.54) is 16.8 Å². The molecule has 0 atom stereocenters. The van der Waals surface area contributed by atoms with Gasteiger partial charge in [-0.3, -0.25) is 4.98 Å². The molecule has 8 heteroatoms. The molecule has 0 bridgehead atoms. The van der Waals surface area contributed by atoms with E-state index in [-0.39, 0.29) is 12.3 Å². The summed E-state index contributed by atoms with van der Waals surface area (Å²) < 4.78 is 39.9. The van der Waals surface area contributed by atoms with Crippen LogP contribution in [0.25, 0.3) is 5.69 Å². The van der Waals surface area contributed by atoms with Gasteiger partial charge in [0, 0.05) is 23.6 Å². The lowest BCUT2D eigenvalue weighted by molar-refractivity contribution is -0.137. The predicted octanol–water partition coefficient (Wildman–Crippen LogP) is 3.83. The Labute approximate surface area is 141 Å². The number of rotatable bonds is 4. The third kappa shape index (κ3) is 3.80. The number of alkyl halides is 3. The van der Waals surface area contributed by atoms with Crippen molar-refractivity contribution in [2.24, 2.45) is 0 Å². The first kappa shape index (κ1) is 17.0. The van der Waals surface area contributed by atoms with Crippen LogP contribution in [0.4, 0.5) is 24.7 Å². The van der Waals surface area contributed by atoms with Gasteiger partial charge in [0.2, 0.25) is 0 Å². The van der Waals surface area contributed by atoms with Gasteiger partial charge < -0.3 is 10.4 Å². The Balaban J connectivity index is 1.92. The summed E-state index contributed by atoms with van der Waals surface area (Å²) >= 11 is 0. The summed E-state index contributed by atoms with van der Waals surface area (Å²) in [7, 11) is 0. The number of halogens is 3. The number of nitrogens with one attached hydrogen (secondary N) is 1. The summed E-state index contributed by atoms with van der Waals surface area (Å²) in [5.74, 6) is 0.331. The molecule has 1 aromatic carbocycles. The minimum absolute atomic E-state index is 0.259. The number of hydrogen-bond donors (Lipinski definition) is 2. The highest BCUT2D eigenvalue weighted by atomic mass is 19.4. The van der Waals surface area contributed by atoms with Crippen molar-refractivity contribution in [1.29, 1.82) is 0 Å². The number of hydrogen-bond acceptors (Lipinski definition) is 4. The summed E-state index contributed by atoms with van der Waals surface area (Å²) in [5.41, 5.74) is 1.50. The Morgan fingerprint density at radius 3 is 2.64 bits per heavy atom. The number of aryl methyl sites for hydroxylation is 1. The van der Waals surface area contributed by atoms with Crippen LogP contribution >= 0.6 is 0 Å². The molecule has 0 aliphatic heterocycles. The van der Waals surface area contributed by atoms with E-state index in [9.17, 15) is 18.3 Å². The van der Waals surface area contributed by atoms with Gasteiger partial charge in [0.25, 0.3) is 0 Å². The fraction of sp³-hybridized carbons (Fsp3) is 0.176. The topological polar surface area (TPSA) is 63.0 Å². The van der Waals surface area contributed by atoms with Crippen LogP contribution in [-0.2, 0) is 12.8 Å². The van der Waals surface area contributed by atoms with Gasteiger partial charge >= 0.3 is 6.18 Å². The monoisotopic (exact) mass is 348 g/mol. The van der Waals surface area contributed by atoms with Crippen LogP contribution in [-0.4, -0.2) is 19.9 Å². The molecule has 0 unspecified atom stereocenters. The fourth-order valence-corrected chi connectivity index (χ4v) is 2.40. The van der Waals surface area contributed by atoms with E-state index in [0.717, 1.165) is 17.8 Å². The number of pyridine rings is 1. The fourth-order valence-electron chi connectivity index (χ4n) is 2.40. The normalized spacial score (nSPS) is 11.6. The summed E-state index contributed by atoms with van der Waals surface area (Å²) in [6, 6.07) is 9.95. The van der Waals surface area contributed by atoms with Crippen molar-refractivity contribution in [3.05, 3.63) is 65.6 Å². The zero-order valence-electron chi connectivity index (χ0n) is 13.2. The molecule has 0 amide bonds. The molecule has 2 heterocycles. The van der Waals surface area contributed by atoms with Crippen molar-refractivity contribution in [2.75, 3.05) is 5.32 Å². The van der Waals surface area contributed by atoms with Crippen molar-refractivity contribution < 1.29 is 18.3 Å². The Kier molecular flexibility index (Phi) is 4.45. The molecule has 0 saturated carbocycles. The molecule has 0 saturated heterocycles. The summed E-state index contributed by atoms with van der Waals surface area (Å²) in [4.78, 5) is 4.10. The Morgan fingerprint density at radius 2 is 1.96 bits per heavy atom. The third-order valence-electron chi connectivity index (χ3n) is 3.53. The Morgan fingerprint density at radius 1 is 1.16 bits per heavy atom. The lowest BCUT2D eigenvalue weighted by Gasteiger charge is -2.09. The van der Waals surface area contributed by atoms with Crippen molar-refractivity contribution >= 4 is 11.5 Å². The van der Waals surface area contributed by atoms with Gasteiger partial charge in [-0.15, -0.1) is 5.10 Å². The molecule has 2 aromatic heterocycles. The second kappa shape index (κ2) is 6.56. The maximum absolute atomic E-state index is 12.8. The highest BCUT2D eigenvalue weighted by molar-refractivity contribution is 5.58. The molecular formula is C17H15F3N4O. The molecule has 130 valence electrons. The molecule has 0 fully saturated rings. The van der Waals surface area contributed by atoms with E-state index in [2.05, 4.69) is 15.4 Å². The highest BCUT2D eigenvalue weighted by Gasteiger charge is 2.30. The average Bonchev–Trinajstić information content (AvgIpc) is 2.97. The van der Waals surface area contributed by atoms with E-state index >= 15 is 0 Å². The lowest BCUT2D eigenvalue weighted by Crippen LogP contribution is -2.05. The first-order valence-electron chi connectivity index (χ1n) is 7.44. The van der Waals surface area contributed by atoms with Gasteiger partial charge in [0.15, 0.2) is 5.82 Å². The van der Waals surface area contributed by atoms with Crippen molar-refractivity contribution in [2.45, 2.75) is 19.7 Å². The van der Waals surface area contributed by atoms with Gasteiger partial charge in [-0.05, 0) is 37.3 Å². The third-order valence-corrected chi connectivity index (χ3v) is 3.53. The second-order valence-electron chi connectivity index (χ2n) is 5.45. The second-order valence-corrected chi connectivity index (χ2v) is 5.45. The van der Waals surface area contributed by atoms with Crippen molar-refractivity contribution in [1.82, 2.24) is 14.8 Å². The largest absolute Gasteiger partial charge is 0.416 e. The molecule has 0 radical (unpaired) electrons. The summed E-state index contributed by atoms with van der Waals surface area (Å²) in [5, 5.41) is 16.7. The van der Waals surface area contributed by atoms with Crippen molar-refractivity contribution in [3.8, 4) is 5.69 Å². The quantitative estimate of drug-likeness (QED) is 0.752. The minimum atomic E-state index is -4.41. The number of benzene rings is 1. The van der Waals surface area contributed by atoms with Crippen LogP contribution in [0.2, 0.25) is 0 Å². The molecule has 25 heavy (non-hydrogen) atoms. The van der Waals surface area contributed by atoms with E-state index in [0.29, 0.717) is 17.2 Å². The van der Waals surface area contributed by atoms with Crippen LogP contribution in [0.5, 0.6) is 0 Å². The van der Waals surface area contributed by atoms with Gasteiger partial charge in [0.1, 0.15) is 0 Å². The van der Waals surface area contributed by atoms with Crippen LogP contribution in [0.15, 0.2) is 48.7 Å². The van der Waals surface area contributed by atoms with E-state index in [4.69, 9.17) is 0 Å². The molecule has 3 aromatic rings. The number of aliphatic hydroxyl groups is 1. The molecule has 0 spiro atoms. The maximum Gasteiger partial charge on any atom is 0.416 e. The SMILES string of the molecule is Cc1cc(-n2nc(Nc3cccc(C(F)(F)F)c3)cc2CO)ccn1. The summed E-state index contributed by atoms with van der Waals surface area (Å²) in [6.45, 7) is 1.56. The first-order chi connectivity index (χ1) is 11.9. The van der Waals surface area contributed by atoms with E-state index < -0.39 is 11.7 Å². The average molecular weight is 348 g/mol. The van der Waals surface area contributed by atoms with Crippen LogP contribution < -0.4 is 5.32 Å². The smallest absolute Gasteiger partial charge is 0.390 e. The van der Waals surface area contributed by atoms with Gasteiger partial charge in [-0.2, -0.15) is 13.2 Å². The number of anilines is 2. The number of aliphatic hydroxyl groups excluding tert-OH is 1. The first-order valence-corrected chi connectivity index (χ1v) is 7.44. The Hall–Kier alpha value is -2.87. The highest BCUT2D eigenvalue weighted by Crippen LogP contribution is 2.31.